The van der Waals surface area contributed by atoms with Crippen molar-refractivity contribution in [1.29, 1.82) is 0 Å². The van der Waals surface area contributed by atoms with Gasteiger partial charge in [0.2, 0.25) is 11.8 Å². The minimum atomic E-state index is -0.890. The van der Waals surface area contributed by atoms with E-state index >= 15 is 0 Å². The number of likely N-dealkylation sites (N-methyl/N-ethyl adjacent to an activating group) is 1. The molecular formula is C25H28N4O2. The van der Waals surface area contributed by atoms with E-state index in [0.29, 0.717) is 19.4 Å². The van der Waals surface area contributed by atoms with Crippen LogP contribution in [0.4, 0.5) is 0 Å². The number of amides is 2. The Morgan fingerprint density at radius 2 is 1.77 bits per heavy atom. The molecule has 6 heteroatoms. The van der Waals surface area contributed by atoms with Gasteiger partial charge in [0.05, 0.1) is 0 Å². The van der Waals surface area contributed by atoms with Crippen molar-refractivity contribution in [3.05, 3.63) is 78.6 Å². The fraction of sp³-hybridized carbons (Fsp3) is 0.320. The van der Waals surface area contributed by atoms with Crippen LogP contribution in [0.15, 0.2) is 73.1 Å². The highest BCUT2D eigenvalue weighted by atomic mass is 16.2. The fourth-order valence-electron chi connectivity index (χ4n) is 4.65. The summed E-state index contributed by atoms with van der Waals surface area (Å²) >= 11 is 0. The van der Waals surface area contributed by atoms with Crippen LogP contribution in [0.3, 0.4) is 0 Å². The molecule has 6 nitrogen and oxygen atoms in total. The van der Waals surface area contributed by atoms with E-state index in [-0.39, 0.29) is 18.4 Å². The fourth-order valence-corrected chi connectivity index (χ4v) is 4.65. The zero-order valence-electron chi connectivity index (χ0n) is 18.1. The van der Waals surface area contributed by atoms with E-state index in [1.807, 2.05) is 30.3 Å². The average molecular weight is 417 g/mol. The van der Waals surface area contributed by atoms with Gasteiger partial charge in [-0.1, -0.05) is 54.6 Å². The first-order chi connectivity index (χ1) is 15.0. The number of nitrogens with zero attached hydrogens (tertiary/aromatic N) is 4. The van der Waals surface area contributed by atoms with Crippen molar-refractivity contribution in [3.63, 3.8) is 0 Å². The van der Waals surface area contributed by atoms with Gasteiger partial charge < -0.3 is 9.80 Å². The first kappa shape index (κ1) is 20.8. The molecule has 2 aromatic carbocycles. The van der Waals surface area contributed by atoms with Crippen LogP contribution in [0, 0.1) is 0 Å². The minimum absolute atomic E-state index is 0.0262. The smallest absolute Gasteiger partial charge is 0.248 e. The zero-order chi connectivity index (χ0) is 21.8. The first-order valence-electron chi connectivity index (χ1n) is 10.6. The van der Waals surface area contributed by atoms with E-state index in [9.17, 15) is 9.59 Å². The van der Waals surface area contributed by atoms with Crippen molar-refractivity contribution in [2.75, 3.05) is 20.6 Å². The molecule has 31 heavy (non-hydrogen) atoms. The Kier molecular flexibility index (Phi) is 5.89. The van der Waals surface area contributed by atoms with Gasteiger partial charge in [-0.15, -0.1) is 0 Å². The lowest BCUT2D eigenvalue weighted by Gasteiger charge is -2.39. The molecule has 1 saturated heterocycles. The topological polar surface area (TPSA) is 58.4 Å². The van der Waals surface area contributed by atoms with Crippen LogP contribution in [0.2, 0.25) is 0 Å². The summed E-state index contributed by atoms with van der Waals surface area (Å²) in [6, 6.07) is 20.2. The van der Waals surface area contributed by atoms with Crippen LogP contribution >= 0.6 is 0 Å². The second-order valence-corrected chi connectivity index (χ2v) is 8.28. The average Bonchev–Trinajstić information content (AvgIpc) is 3.44. The maximum absolute atomic E-state index is 13.5. The summed E-state index contributed by atoms with van der Waals surface area (Å²) < 4.78 is 1.61. The summed E-state index contributed by atoms with van der Waals surface area (Å²) in [5.41, 5.74) is 2.39. The molecule has 3 aromatic rings. The Morgan fingerprint density at radius 3 is 2.48 bits per heavy atom. The first-order valence-corrected chi connectivity index (χ1v) is 10.6. The van der Waals surface area contributed by atoms with E-state index in [1.54, 1.807) is 47.0 Å². The van der Waals surface area contributed by atoms with Crippen LogP contribution in [0.1, 0.15) is 18.4 Å². The normalized spacial score (nSPS) is 18.2. The summed E-state index contributed by atoms with van der Waals surface area (Å²) in [5.74, 6) is -0.102. The Hall–Kier alpha value is -3.41. The molecule has 1 aliphatic heterocycles. The second kappa shape index (κ2) is 8.76. The quantitative estimate of drug-likeness (QED) is 0.620. The number of carbonyl (C=O) groups is 2. The van der Waals surface area contributed by atoms with Gasteiger partial charge in [0, 0.05) is 39.5 Å². The predicted molar refractivity (Wildman–Crippen MR) is 120 cm³/mol. The molecule has 4 rings (SSSR count). The lowest BCUT2D eigenvalue weighted by molar-refractivity contribution is -0.150. The molecule has 2 amide bonds. The third-order valence-electron chi connectivity index (χ3n) is 6.04. The van der Waals surface area contributed by atoms with Gasteiger partial charge in [-0.3, -0.25) is 14.3 Å². The monoisotopic (exact) mass is 416 g/mol. The molecule has 1 aliphatic rings. The number of rotatable bonds is 6. The van der Waals surface area contributed by atoms with E-state index < -0.39 is 5.54 Å². The lowest BCUT2D eigenvalue weighted by Crippen LogP contribution is -2.59. The number of benzene rings is 2. The van der Waals surface area contributed by atoms with Crippen molar-refractivity contribution < 1.29 is 9.59 Å². The van der Waals surface area contributed by atoms with Gasteiger partial charge in [-0.25, -0.2) is 0 Å². The van der Waals surface area contributed by atoms with Crippen molar-refractivity contribution in [2.24, 2.45) is 0 Å². The number of hydrogen-bond acceptors (Lipinski definition) is 3. The highest BCUT2D eigenvalue weighted by Gasteiger charge is 2.50. The molecule has 1 fully saturated rings. The van der Waals surface area contributed by atoms with Crippen LogP contribution in [-0.4, -0.2) is 57.6 Å². The van der Waals surface area contributed by atoms with E-state index in [1.165, 1.54) is 0 Å². The molecule has 1 unspecified atom stereocenters. The summed E-state index contributed by atoms with van der Waals surface area (Å²) in [7, 11) is 3.53. The van der Waals surface area contributed by atoms with Crippen molar-refractivity contribution >= 4 is 11.8 Å². The number of likely N-dealkylation sites (tertiary alicyclic amines) is 1. The molecule has 1 aromatic heterocycles. The maximum Gasteiger partial charge on any atom is 0.248 e. The molecular weight excluding hydrogens is 388 g/mol. The van der Waals surface area contributed by atoms with Gasteiger partial charge in [-0.05, 0) is 35.6 Å². The molecule has 1 atom stereocenters. The Balaban J connectivity index is 1.72. The van der Waals surface area contributed by atoms with Gasteiger partial charge in [0.15, 0.2) is 0 Å². The highest BCUT2D eigenvalue weighted by Crippen LogP contribution is 2.37. The third-order valence-corrected chi connectivity index (χ3v) is 6.04. The molecule has 0 saturated carbocycles. The molecule has 160 valence electrons. The van der Waals surface area contributed by atoms with Crippen LogP contribution in [0.25, 0.3) is 11.1 Å². The van der Waals surface area contributed by atoms with E-state index in [0.717, 1.165) is 23.1 Å². The molecule has 2 heterocycles. The number of aromatic nitrogens is 2. The van der Waals surface area contributed by atoms with Gasteiger partial charge in [-0.2, -0.15) is 5.10 Å². The lowest BCUT2D eigenvalue weighted by atomic mass is 9.83. The number of carbonyl (C=O) groups excluding carboxylic acids is 2. The van der Waals surface area contributed by atoms with Gasteiger partial charge >= 0.3 is 0 Å². The molecule has 0 aliphatic carbocycles. The molecule has 0 spiro atoms. The summed E-state index contributed by atoms with van der Waals surface area (Å²) in [4.78, 5) is 30.2. The minimum Gasteiger partial charge on any atom is -0.347 e. The van der Waals surface area contributed by atoms with Crippen molar-refractivity contribution in [1.82, 2.24) is 19.6 Å². The van der Waals surface area contributed by atoms with Crippen molar-refractivity contribution in [3.8, 4) is 11.1 Å². The summed E-state index contributed by atoms with van der Waals surface area (Å²) in [5, 5.41) is 4.17. The maximum atomic E-state index is 13.5. The van der Waals surface area contributed by atoms with Crippen molar-refractivity contribution in [2.45, 2.75) is 31.3 Å². The zero-order valence-corrected chi connectivity index (χ0v) is 18.1. The summed E-state index contributed by atoms with van der Waals surface area (Å²) in [6.45, 7) is 0.711. The Labute approximate surface area is 183 Å². The third kappa shape index (κ3) is 4.10. The molecule has 0 bridgehead atoms. The van der Waals surface area contributed by atoms with Crippen LogP contribution in [0.5, 0.6) is 0 Å². The van der Waals surface area contributed by atoms with E-state index in [2.05, 4.69) is 29.4 Å². The Morgan fingerprint density at radius 1 is 1.03 bits per heavy atom. The Bertz CT molecular complexity index is 1050. The summed E-state index contributed by atoms with van der Waals surface area (Å²) in [6.07, 6.45) is 5.37. The van der Waals surface area contributed by atoms with E-state index in [4.69, 9.17) is 0 Å². The van der Waals surface area contributed by atoms with Crippen LogP contribution in [-0.2, 0) is 22.6 Å². The largest absolute Gasteiger partial charge is 0.347 e. The predicted octanol–water partition coefficient (Wildman–Crippen LogP) is 3.24. The second-order valence-electron chi connectivity index (χ2n) is 8.28. The molecule has 0 radical (unpaired) electrons. The van der Waals surface area contributed by atoms with Gasteiger partial charge in [0.1, 0.15) is 12.1 Å². The van der Waals surface area contributed by atoms with Gasteiger partial charge in [0.25, 0.3) is 0 Å². The standard InChI is InChI=1S/C25H28N4O2/c1-27(2)24(31)25(14-8-17-29(25)23(30)19-28-16-9-15-26-28)18-21-12-6-7-13-22(21)20-10-4-3-5-11-20/h3-7,9-13,15-16H,8,14,17-19H2,1-2H3. The molecule has 0 N–H and O–H groups in total. The number of hydrogen-bond donors (Lipinski definition) is 0. The highest BCUT2D eigenvalue weighted by molar-refractivity contribution is 5.92. The SMILES string of the molecule is CN(C)C(=O)C1(Cc2ccccc2-c2ccccc2)CCCN1C(=O)Cn1cccn1. The van der Waals surface area contributed by atoms with Crippen LogP contribution < -0.4 is 0 Å².